The van der Waals surface area contributed by atoms with Gasteiger partial charge in [0.1, 0.15) is 5.82 Å². The molecule has 0 spiro atoms. The number of rotatable bonds is 6. The van der Waals surface area contributed by atoms with E-state index in [0.29, 0.717) is 5.56 Å². The summed E-state index contributed by atoms with van der Waals surface area (Å²) in [7, 11) is 0. The fourth-order valence-electron chi connectivity index (χ4n) is 2.36. The molecule has 2 rings (SSSR count). The monoisotopic (exact) mass is 275 g/mol. The predicted molar refractivity (Wildman–Crippen MR) is 79.2 cm³/mol. The van der Waals surface area contributed by atoms with Gasteiger partial charge in [-0.2, -0.15) is 5.10 Å². The third-order valence-electron chi connectivity index (χ3n) is 3.49. The lowest BCUT2D eigenvalue weighted by Gasteiger charge is -2.18. The fraction of sp³-hybridized carbons (Fsp3) is 0.438. The zero-order chi connectivity index (χ0) is 14.5. The van der Waals surface area contributed by atoms with E-state index in [0.717, 1.165) is 25.1 Å². The molecule has 1 aromatic heterocycles. The number of nitrogens with one attached hydrogen (secondary N) is 1. The molecule has 0 saturated heterocycles. The summed E-state index contributed by atoms with van der Waals surface area (Å²) in [5.41, 5.74) is 3.00. The summed E-state index contributed by atoms with van der Waals surface area (Å²) < 4.78 is 15.3. The summed E-state index contributed by atoms with van der Waals surface area (Å²) in [5.74, 6) is -0.150. The molecular weight excluding hydrogens is 253 g/mol. The summed E-state index contributed by atoms with van der Waals surface area (Å²) in [6.07, 6.45) is 4.84. The third kappa shape index (κ3) is 3.45. The Labute approximate surface area is 119 Å². The van der Waals surface area contributed by atoms with Crippen LogP contribution in [0, 0.1) is 12.7 Å². The highest BCUT2D eigenvalue weighted by atomic mass is 19.1. The van der Waals surface area contributed by atoms with Crippen molar-refractivity contribution in [1.29, 1.82) is 0 Å². The predicted octanol–water partition coefficient (Wildman–Crippen LogP) is 3.24. The van der Waals surface area contributed by atoms with Gasteiger partial charge in [0.25, 0.3) is 0 Å². The number of likely N-dealkylation sites (N-methyl/N-ethyl adjacent to an activating group) is 1. The summed E-state index contributed by atoms with van der Waals surface area (Å²) >= 11 is 0. The van der Waals surface area contributed by atoms with E-state index >= 15 is 0 Å². The molecule has 0 amide bonds. The first kappa shape index (κ1) is 14.7. The molecule has 0 radical (unpaired) electrons. The Morgan fingerprint density at radius 2 is 2.15 bits per heavy atom. The normalized spacial score (nSPS) is 12.6. The van der Waals surface area contributed by atoms with E-state index < -0.39 is 0 Å². The van der Waals surface area contributed by atoms with Crippen molar-refractivity contribution in [3.8, 4) is 0 Å². The topological polar surface area (TPSA) is 29.9 Å². The highest BCUT2D eigenvalue weighted by molar-refractivity contribution is 5.28. The van der Waals surface area contributed by atoms with Crippen LogP contribution in [0.5, 0.6) is 0 Å². The van der Waals surface area contributed by atoms with Crippen LogP contribution in [0.4, 0.5) is 4.39 Å². The minimum atomic E-state index is -0.150. The van der Waals surface area contributed by atoms with Gasteiger partial charge in [-0.25, -0.2) is 4.39 Å². The Bertz CT molecular complexity index is 563. The summed E-state index contributed by atoms with van der Waals surface area (Å²) in [6, 6.07) is 5.52. The van der Waals surface area contributed by atoms with Crippen LogP contribution >= 0.6 is 0 Å². The van der Waals surface area contributed by atoms with Crippen LogP contribution in [0.3, 0.4) is 0 Å². The Balaban J connectivity index is 2.19. The SMILES string of the molecule is CCNC(Cc1cnn(CC)c1)c1ccc(F)c(C)c1. The molecule has 0 aliphatic heterocycles. The molecular formula is C16H22FN3. The third-order valence-corrected chi connectivity index (χ3v) is 3.49. The fourth-order valence-corrected chi connectivity index (χ4v) is 2.36. The highest BCUT2D eigenvalue weighted by Gasteiger charge is 2.13. The van der Waals surface area contributed by atoms with Crippen LogP contribution in [-0.4, -0.2) is 16.3 Å². The number of benzene rings is 1. The van der Waals surface area contributed by atoms with Crippen molar-refractivity contribution in [2.75, 3.05) is 6.54 Å². The molecule has 1 atom stereocenters. The van der Waals surface area contributed by atoms with E-state index in [1.165, 1.54) is 5.56 Å². The molecule has 108 valence electrons. The first-order valence-corrected chi connectivity index (χ1v) is 7.14. The van der Waals surface area contributed by atoms with Crippen molar-refractivity contribution in [2.24, 2.45) is 0 Å². The van der Waals surface area contributed by atoms with Crippen LogP contribution < -0.4 is 5.32 Å². The lowest BCUT2D eigenvalue weighted by Crippen LogP contribution is -2.23. The van der Waals surface area contributed by atoms with Gasteiger partial charge in [-0.15, -0.1) is 0 Å². The molecule has 1 N–H and O–H groups in total. The van der Waals surface area contributed by atoms with Gasteiger partial charge in [0.15, 0.2) is 0 Å². The second kappa shape index (κ2) is 6.66. The lowest BCUT2D eigenvalue weighted by atomic mass is 9.99. The number of halogens is 1. The number of nitrogens with zero attached hydrogens (tertiary/aromatic N) is 2. The van der Waals surface area contributed by atoms with Crippen LogP contribution in [0.25, 0.3) is 0 Å². The Morgan fingerprint density at radius 3 is 2.75 bits per heavy atom. The van der Waals surface area contributed by atoms with Gasteiger partial charge in [-0.3, -0.25) is 4.68 Å². The molecule has 4 heteroatoms. The largest absolute Gasteiger partial charge is 0.310 e. The van der Waals surface area contributed by atoms with E-state index in [4.69, 9.17) is 0 Å². The minimum absolute atomic E-state index is 0.150. The summed E-state index contributed by atoms with van der Waals surface area (Å²) in [6.45, 7) is 7.71. The lowest BCUT2D eigenvalue weighted by molar-refractivity contribution is 0.545. The van der Waals surface area contributed by atoms with Crippen molar-refractivity contribution in [3.05, 3.63) is 53.1 Å². The molecule has 0 aliphatic carbocycles. The van der Waals surface area contributed by atoms with E-state index in [2.05, 4.69) is 30.5 Å². The van der Waals surface area contributed by atoms with Gasteiger partial charge in [-0.1, -0.05) is 19.1 Å². The average Bonchev–Trinajstić information content (AvgIpc) is 2.89. The minimum Gasteiger partial charge on any atom is -0.310 e. The Hall–Kier alpha value is -1.68. The average molecular weight is 275 g/mol. The van der Waals surface area contributed by atoms with Gasteiger partial charge in [0.2, 0.25) is 0 Å². The van der Waals surface area contributed by atoms with Crippen molar-refractivity contribution in [2.45, 2.75) is 39.8 Å². The molecule has 0 bridgehead atoms. The number of aromatic nitrogens is 2. The smallest absolute Gasteiger partial charge is 0.126 e. The molecule has 0 fully saturated rings. The maximum atomic E-state index is 13.4. The van der Waals surface area contributed by atoms with Gasteiger partial charge in [0.05, 0.1) is 6.20 Å². The Kier molecular flexibility index (Phi) is 4.90. The van der Waals surface area contributed by atoms with Crippen LogP contribution in [0.1, 0.15) is 36.6 Å². The van der Waals surface area contributed by atoms with Crippen molar-refractivity contribution < 1.29 is 4.39 Å². The zero-order valence-corrected chi connectivity index (χ0v) is 12.4. The van der Waals surface area contributed by atoms with Crippen LogP contribution in [0.2, 0.25) is 0 Å². The maximum absolute atomic E-state index is 13.4. The van der Waals surface area contributed by atoms with E-state index in [-0.39, 0.29) is 11.9 Å². The molecule has 1 heterocycles. The molecule has 20 heavy (non-hydrogen) atoms. The van der Waals surface area contributed by atoms with Crippen molar-refractivity contribution in [3.63, 3.8) is 0 Å². The zero-order valence-electron chi connectivity index (χ0n) is 12.4. The second-order valence-electron chi connectivity index (χ2n) is 5.03. The van der Waals surface area contributed by atoms with Crippen molar-refractivity contribution in [1.82, 2.24) is 15.1 Å². The van der Waals surface area contributed by atoms with Crippen LogP contribution in [-0.2, 0) is 13.0 Å². The van der Waals surface area contributed by atoms with Gasteiger partial charge < -0.3 is 5.32 Å². The van der Waals surface area contributed by atoms with Crippen LogP contribution in [0.15, 0.2) is 30.6 Å². The number of hydrogen-bond acceptors (Lipinski definition) is 2. The quantitative estimate of drug-likeness (QED) is 0.877. The molecule has 0 saturated carbocycles. The van der Waals surface area contributed by atoms with Gasteiger partial charge in [-0.05, 0) is 49.6 Å². The Morgan fingerprint density at radius 1 is 1.35 bits per heavy atom. The maximum Gasteiger partial charge on any atom is 0.126 e. The number of hydrogen-bond donors (Lipinski definition) is 1. The highest BCUT2D eigenvalue weighted by Crippen LogP contribution is 2.20. The second-order valence-corrected chi connectivity index (χ2v) is 5.03. The first-order chi connectivity index (χ1) is 9.63. The van der Waals surface area contributed by atoms with E-state index in [9.17, 15) is 4.39 Å². The summed E-state index contributed by atoms with van der Waals surface area (Å²) in [4.78, 5) is 0. The molecule has 3 nitrogen and oxygen atoms in total. The van der Waals surface area contributed by atoms with E-state index in [1.54, 1.807) is 13.0 Å². The van der Waals surface area contributed by atoms with Gasteiger partial charge >= 0.3 is 0 Å². The first-order valence-electron chi connectivity index (χ1n) is 7.14. The molecule has 0 aliphatic rings. The molecule has 2 aromatic rings. The number of aryl methyl sites for hydroxylation is 2. The van der Waals surface area contributed by atoms with Crippen molar-refractivity contribution >= 4 is 0 Å². The standard InChI is InChI=1S/C16H22FN3/c1-4-18-16(9-13-10-19-20(5-2)11-13)14-6-7-15(17)12(3)8-14/h6-8,10-11,16,18H,4-5,9H2,1-3H3. The van der Waals surface area contributed by atoms with E-state index in [1.807, 2.05) is 23.0 Å². The summed E-state index contributed by atoms with van der Waals surface area (Å²) in [5, 5.41) is 7.76. The molecule has 1 aromatic carbocycles. The van der Waals surface area contributed by atoms with Gasteiger partial charge in [0, 0.05) is 18.8 Å². The molecule has 1 unspecified atom stereocenters.